The van der Waals surface area contributed by atoms with Gasteiger partial charge in [0.25, 0.3) is 0 Å². The highest BCUT2D eigenvalue weighted by Crippen LogP contribution is 2.30. The zero-order chi connectivity index (χ0) is 13.9. The molecule has 1 aromatic heterocycles. The van der Waals surface area contributed by atoms with Crippen LogP contribution in [0.5, 0.6) is 0 Å². The van der Waals surface area contributed by atoms with E-state index in [4.69, 9.17) is 0 Å². The van der Waals surface area contributed by atoms with Crippen LogP contribution in [-0.2, 0) is 0 Å². The van der Waals surface area contributed by atoms with Gasteiger partial charge in [-0.05, 0) is 19.8 Å². The minimum Gasteiger partial charge on any atom is -0.357 e. The van der Waals surface area contributed by atoms with Gasteiger partial charge in [-0.2, -0.15) is 15.0 Å². The van der Waals surface area contributed by atoms with Gasteiger partial charge in [-0.25, -0.2) is 0 Å². The summed E-state index contributed by atoms with van der Waals surface area (Å²) in [6, 6.07) is 0. The van der Waals surface area contributed by atoms with Crippen molar-refractivity contribution in [3.05, 3.63) is 0 Å². The molecule has 1 saturated carbocycles. The molecule has 106 valence electrons. The first kappa shape index (κ1) is 13.8. The van der Waals surface area contributed by atoms with Crippen LogP contribution in [0.15, 0.2) is 0 Å². The lowest BCUT2D eigenvalue weighted by Gasteiger charge is -2.34. The van der Waals surface area contributed by atoms with E-state index in [2.05, 4.69) is 32.5 Å². The first-order valence-corrected chi connectivity index (χ1v) is 6.92. The highest BCUT2D eigenvalue weighted by molar-refractivity contribution is 5.43. The van der Waals surface area contributed by atoms with Gasteiger partial charge in [0.1, 0.15) is 0 Å². The van der Waals surface area contributed by atoms with Crippen LogP contribution < -0.4 is 15.5 Å². The third kappa shape index (κ3) is 3.45. The molecule has 0 radical (unpaired) electrons. The maximum atomic E-state index is 4.47. The average molecular weight is 264 g/mol. The van der Waals surface area contributed by atoms with Gasteiger partial charge < -0.3 is 15.5 Å². The van der Waals surface area contributed by atoms with Crippen molar-refractivity contribution < 1.29 is 0 Å². The van der Waals surface area contributed by atoms with Crippen LogP contribution in [0.3, 0.4) is 0 Å². The molecule has 1 aromatic rings. The lowest BCUT2D eigenvalue weighted by Crippen LogP contribution is -2.37. The summed E-state index contributed by atoms with van der Waals surface area (Å²) in [4.78, 5) is 15.1. The van der Waals surface area contributed by atoms with Crippen LogP contribution in [0.25, 0.3) is 0 Å². The summed E-state index contributed by atoms with van der Waals surface area (Å²) in [5.41, 5.74) is 0.105. The Labute approximate surface area is 115 Å². The summed E-state index contributed by atoms with van der Waals surface area (Å²) < 4.78 is 0. The normalized spacial score (nSPS) is 17.9. The number of rotatable bonds is 4. The molecule has 0 aromatic carbocycles. The van der Waals surface area contributed by atoms with E-state index >= 15 is 0 Å². The second-order valence-corrected chi connectivity index (χ2v) is 5.67. The molecule has 0 bridgehead atoms. The van der Waals surface area contributed by atoms with Crippen molar-refractivity contribution in [2.24, 2.45) is 0 Å². The average Bonchev–Trinajstić information content (AvgIpc) is 2.38. The minimum atomic E-state index is 0.105. The largest absolute Gasteiger partial charge is 0.357 e. The van der Waals surface area contributed by atoms with Crippen molar-refractivity contribution >= 4 is 17.8 Å². The van der Waals surface area contributed by atoms with Crippen LogP contribution in [0, 0.1) is 0 Å². The van der Waals surface area contributed by atoms with E-state index in [1.54, 1.807) is 0 Å². The standard InChI is InChI=1S/C13H24N6/c1-13(8-6-5-7-9-13)18-11-15-10(14-2)16-12(17-11)19(3)4/h5-9H2,1-4H3,(H2,14,15,16,17,18). The predicted molar refractivity (Wildman–Crippen MR) is 78.8 cm³/mol. The van der Waals surface area contributed by atoms with E-state index in [-0.39, 0.29) is 5.54 Å². The number of hydrogen-bond donors (Lipinski definition) is 2. The Kier molecular flexibility index (Phi) is 4.07. The predicted octanol–water partition coefficient (Wildman–Crippen LogP) is 2.11. The van der Waals surface area contributed by atoms with Gasteiger partial charge >= 0.3 is 0 Å². The zero-order valence-electron chi connectivity index (χ0n) is 12.3. The topological polar surface area (TPSA) is 66.0 Å². The molecule has 6 heteroatoms. The Balaban J connectivity index is 2.21. The van der Waals surface area contributed by atoms with Gasteiger partial charge in [0.2, 0.25) is 17.8 Å². The Morgan fingerprint density at radius 2 is 1.63 bits per heavy atom. The Morgan fingerprint density at radius 1 is 1.00 bits per heavy atom. The van der Waals surface area contributed by atoms with E-state index in [1.165, 1.54) is 32.1 Å². The molecule has 1 aliphatic rings. The van der Waals surface area contributed by atoms with Crippen LogP contribution in [0.1, 0.15) is 39.0 Å². The van der Waals surface area contributed by atoms with Gasteiger partial charge in [-0.3, -0.25) is 0 Å². The first-order chi connectivity index (χ1) is 9.02. The second kappa shape index (κ2) is 5.59. The molecule has 1 fully saturated rings. The lowest BCUT2D eigenvalue weighted by molar-refractivity contribution is 0.347. The van der Waals surface area contributed by atoms with Crippen LogP contribution in [0.2, 0.25) is 0 Å². The number of aromatic nitrogens is 3. The molecule has 0 saturated heterocycles. The molecule has 0 spiro atoms. The number of hydrogen-bond acceptors (Lipinski definition) is 6. The van der Waals surface area contributed by atoms with Crippen molar-refractivity contribution in [3.8, 4) is 0 Å². The molecule has 1 heterocycles. The smallest absolute Gasteiger partial charge is 0.231 e. The summed E-state index contributed by atoms with van der Waals surface area (Å²) in [5, 5.41) is 6.48. The van der Waals surface area contributed by atoms with E-state index in [1.807, 2.05) is 26.0 Å². The molecule has 1 aliphatic carbocycles. The fourth-order valence-corrected chi connectivity index (χ4v) is 2.46. The van der Waals surface area contributed by atoms with Crippen LogP contribution >= 0.6 is 0 Å². The zero-order valence-corrected chi connectivity index (χ0v) is 12.3. The SMILES string of the molecule is CNc1nc(NC2(C)CCCCC2)nc(N(C)C)n1. The molecule has 2 N–H and O–H groups in total. The van der Waals surface area contributed by atoms with Gasteiger partial charge in [-0.15, -0.1) is 0 Å². The van der Waals surface area contributed by atoms with Crippen molar-refractivity contribution in [1.82, 2.24) is 15.0 Å². The molecule has 0 aliphatic heterocycles. The van der Waals surface area contributed by atoms with Gasteiger partial charge in [0, 0.05) is 26.7 Å². The van der Waals surface area contributed by atoms with Crippen molar-refractivity contribution in [1.29, 1.82) is 0 Å². The molecular weight excluding hydrogens is 240 g/mol. The summed E-state index contributed by atoms with van der Waals surface area (Å²) >= 11 is 0. The third-order valence-electron chi connectivity index (χ3n) is 3.62. The number of nitrogens with zero attached hydrogens (tertiary/aromatic N) is 4. The summed E-state index contributed by atoms with van der Waals surface area (Å²) in [7, 11) is 5.68. The highest BCUT2D eigenvalue weighted by Gasteiger charge is 2.27. The minimum absolute atomic E-state index is 0.105. The molecule has 19 heavy (non-hydrogen) atoms. The monoisotopic (exact) mass is 264 g/mol. The Hall–Kier alpha value is -1.59. The van der Waals surface area contributed by atoms with Gasteiger partial charge in [0.05, 0.1) is 0 Å². The maximum Gasteiger partial charge on any atom is 0.231 e. The van der Waals surface area contributed by atoms with Gasteiger partial charge in [-0.1, -0.05) is 19.3 Å². The molecule has 0 amide bonds. The first-order valence-electron chi connectivity index (χ1n) is 6.92. The van der Waals surface area contributed by atoms with Crippen LogP contribution in [0.4, 0.5) is 17.8 Å². The van der Waals surface area contributed by atoms with Crippen molar-refractivity contribution in [3.63, 3.8) is 0 Å². The fourth-order valence-electron chi connectivity index (χ4n) is 2.46. The number of nitrogens with one attached hydrogen (secondary N) is 2. The summed E-state index contributed by atoms with van der Waals surface area (Å²) in [6.07, 6.45) is 6.22. The van der Waals surface area contributed by atoms with Crippen molar-refractivity contribution in [2.75, 3.05) is 36.7 Å². The van der Waals surface area contributed by atoms with E-state index in [0.717, 1.165) is 0 Å². The Bertz CT molecular complexity index is 425. The molecule has 0 unspecified atom stereocenters. The molecule has 0 atom stereocenters. The molecule has 6 nitrogen and oxygen atoms in total. The highest BCUT2D eigenvalue weighted by atomic mass is 15.3. The van der Waals surface area contributed by atoms with E-state index < -0.39 is 0 Å². The van der Waals surface area contributed by atoms with Gasteiger partial charge in [0.15, 0.2) is 0 Å². The summed E-state index contributed by atoms with van der Waals surface area (Å²) in [6.45, 7) is 2.25. The van der Waals surface area contributed by atoms with E-state index in [0.29, 0.717) is 17.8 Å². The lowest BCUT2D eigenvalue weighted by atomic mass is 9.83. The van der Waals surface area contributed by atoms with Crippen molar-refractivity contribution in [2.45, 2.75) is 44.6 Å². The fraction of sp³-hybridized carbons (Fsp3) is 0.769. The molecule has 2 rings (SSSR count). The van der Waals surface area contributed by atoms with Crippen LogP contribution in [-0.4, -0.2) is 41.6 Å². The Morgan fingerprint density at radius 3 is 2.21 bits per heavy atom. The maximum absolute atomic E-state index is 4.47. The summed E-state index contributed by atoms with van der Waals surface area (Å²) in [5.74, 6) is 1.93. The molecular formula is C13H24N6. The quantitative estimate of drug-likeness (QED) is 0.868. The second-order valence-electron chi connectivity index (χ2n) is 5.67. The number of anilines is 3. The third-order valence-corrected chi connectivity index (χ3v) is 3.62. The van der Waals surface area contributed by atoms with E-state index in [9.17, 15) is 0 Å².